The number of nitrogens with two attached hydrogens (primary N) is 1. The minimum atomic E-state index is -4.69. The van der Waals surface area contributed by atoms with Gasteiger partial charge in [-0.05, 0) is 96.5 Å². The summed E-state index contributed by atoms with van der Waals surface area (Å²) in [4.78, 5) is 53.3. The first-order valence-corrected chi connectivity index (χ1v) is 19.1. The molecule has 0 radical (unpaired) electrons. The van der Waals surface area contributed by atoms with Gasteiger partial charge in [0.15, 0.2) is 0 Å². The Bertz CT molecular complexity index is 1760. The van der Waals surface area contributed by atoms with Crippen molar-refractivity contribution in [2.24, 2.45) is 11.7 Å². The molecule has 3 heterocycles. The molecule has 18 heteroatoms. The van der Waals surface area contributed by atoms with E-state index in [9.17, 15) is 32.3 Å². The first-order chi connectivity index (χ1) is 26.5. The number of hydrogen-bond donors (Lipinski definition) is 4. The van der Waals surface area contributed by atoms with E-state index in [2.05, 4.69) is 34.7 Å². The normalized spacial score (nSPS) is 25.7. The molecule has 4 amide bonds. The standard InChI is InChI=1S/C38H50F3N7O5S.CN.Fe/c1-23-18-25(19-24(2)46(23)22-33(50)44-27-7-5-6-26(20-27)43-31-12-13-32(49)45-34(31)51)15-17-53-30-10-8-28(9-11-30)48-36(54)47(35(52)37(48,3)4)29(21-42)14-16-38(39,40)41;1-2;/h5-7,14,20-21,23-25,30-31,43H,8-13,15,17-19,22,42H2,1-4H3,(H,44,50)(H,45,49,51);;/q;-1;+2/b29-21+,48-28?;;/t23-,24+,25?,30?,31?;;. The first-order valence-electron chi connectivity index (χ1n) is 18.7. The topological polar surface area (TPSA) is 173 Å². The Hall–Kier alpha value is -4.14. The van der Waals surface area contributed by atoms with Crippen LogP contribution in [0.25, 0.3) is 0 Å². The van der Waals surface area contributed by atoms with Gasteiger partial charge in [0.05, 0.1) is 18.4 Å². The summed E-state index contributed by atoms with van der Waals surface area (Å²) in [6, 6.07) is 7.07. The van der Waals surface area contributed by atoms with Crippen LogP contribution in [0, 0.1) is 23.8 Å². The molecule has 4 aliphatic rings. The predicted molar refractivity (Wildman–Crippen MR) is 206 cm³/mol. The fourth-order valence-corrected chi connectivity index (χ4v) is 8.56. The van der Waals surface area contributed by atoms with Crippen molar-refractivity contribution in [1.29, 1.82) is 5.26 Å². The van der Waals surface area contributed by atoms with Crippen LogP contribution in [0.1, 0.15) is 85.5 Å². The number of ether oxygens (including phenoxy) is 1. The van der Waals surface area contributed by atoms with Crippen LogP contribution >= 0.6 is 12.2 Å². The molecule has 1 saturated carbocycles. The van der Waals surface area contributed by atoms with Gasteiger partial charge in [0.1, 0.15) is 6.04 Å². The van der Waals surface area contributed by atoms with Gasteiger partial charge >= 0.3 is 34.3 Å². The quantitative estimate of drug-likeness (QED) is 0.0602. The number of alkyl halides is 3. The number of allylic oxidation sites excluding steroid dienone is 2. The largest absolute Gasteiger partial charge is 2.00 e. The van der Waals surface area contributed by atoms with Crippen LogP contribution in [0.5, 0.6) is 0 Å². The van der Waals surface area contributed by atoms with Gasteiger partial charge in [0, 0.05) is 67.2 Å². The zero-order chi connectivity index (χ0) is 41.4. The third-order valence-electron chi connectivity index (χ3n) is 10.7. The van der Waals surface area contributed by atoms with E-state index in [0.717, 1.165) is 48.9 Å². The van der Waals surface area contributed by atoms with E-state index in [0.29, 0.717) is 49.2 Å². The second-order valence-electron chi connectivity index (χ2n) is 15.1. The molecule has 1 aromatic carbocycles. The number of halogens is 3. The minimum absolute atomic E-state index is 0. The number of rotatable bonds is 11. The molecule has 57 heavy (non-hydrogen) atoms. The molecular weight excluding hydrogens is 805 g/mol. The summed E-state index contributed by atoms with van der Waals surface area (Å²) in [7, 11) is 0. The van der Waals surface area contributed by atoms with Gasteiger partial charge in [-0.2, -0.15) is 25.3 Å². The summed E-state index contributed by atoms with van der Waals surface area (Å²) >= 11 is 5.61. The Labute approximate surface area is 347 Å². The molecule has 0 spiro atoms. The summed E-state index contributed by atoms with van der Waals surface area (Å²) < 4.78 is 46.5. The molecule has 2 unspecified atom stereocenters. The SMILES string of the molecule is C[C@@H]1CC(CCOC2CCC(=[N+]3C(=S)N(/C(C=[C-]C(F)(F)F)=C/N)C(=O)C3(C)C)CC2)C[C@H](C)N1CC(=O)Nc1cccc(NC2CCC(=O)NC2=O)c1.[C-]#N.[Fe+2]. The number of carbonyl (C=O) groups excluding carboxylic acids is 4. The fraction of sp³-hybridized carbons (Fsp3) is 0.564. The van der Waals surface area contributed by atoms with Gasteiger partial charge < -0.3 is 32.9 Å². The summed E-state index contributed by atoms with van der Waals surface area (Å²) in [5.74, 6) is -0.766. The second kappa shape index (κ2) is 20.5. The van der Waals surface area contributed by atoms with Gasteiger partial charge in [0.25, 0.3) is 0 Å². The molecule has 0 aromatic heterocycles. The average Bonchev–Trinajstić information content (AvgIpc) is 3.31. The maximum Gasteiger partial charge on any atom is 2.00 e. The van der Waals surface area contributed by atoms with E-state index in [4.69, 9.17) is 34.5 Å². The van der Waals surface area contributed by atoms with E-state index in [1.54, 1.807) is 36.6 Å². The van der Waals surface area contributed by atoms with Crippen LogP contribution in [-0.4, -0.2) is 97.9 Å². The van der Waals surface area contributed by atoms with Crippen LogP contribution in [0.15, 0.2) is 42.2 Å². The molecule has 5 N–H and O–H groups in total. The van der Waals surface area contributed by atoms with Crippen molar-refractivity contribution in [1.82, 2.24) is 15.1 Å². The van der Waals surface area contributed by atoms with E-state index >= 15 is 0 Å². The van der Waals surface area contributed by atoms with Gasteiger partial charge in [0.2, 0.25) is 23.3 Å². The van der Waals surface area contributed by atoms with Crippen molar-refractivity contribution in [3.8, 4) is 0 Å². The zero-order valence-corrected chi connectivity index (χ0v) is 34.4. The molecule has 3 saturated heterocycles. The van der Waals surface area contributed by atoms with Gasteiger partial charge in [-0.3, -0.25) is 24.6 Å². The van der Waals surface area contributed by atoms with Crippen molar-refractivity contribution in [2.75, 3.05) is 23.8 Å². The molecule has 0 bridgehead atoms. The molecule has 3 aliphatic heterocycles. The Morgan fingerprint density at radius 3 is 2.35 bits per heavy atom. The summed E-state index contributed by atoms with van der Waals surface area (Å²) in [5, 5.41) is 14.8. The number of imide groups is 1. The number of likely N-dealkylation sites (tertiary alicyclic amines) is 1. The Morgan fingerprint density at radius 2 is 1.75 bits per heavy atom. The number of anilines is 2. The molecule has 1 aliphatic carbocycles. The number of benzene rings is 1. The summed E-state index contributed by atoms with van der Waals surface area (Å²) in [5.41, 5.74) is 6.57. The average molecular weight is 856 g/mol. The number of amides is 4. The minimum Gasteiger partial charge on any atom is -0.512 e. The van der Waals surface area contributed by atoms with Crippen molar-refractivity contribution in [3.05, 3.63) is 54.9 Å². The van der Waals surface area contributed by atoms with Crippen LogP contribution in [0.4, 0.5) is 24.5 Å². The Morgan fingerprint density at radius 1 is 1.12 bits per heavy atom. The molecular formula is C39H50F3FeN8O5S+. The second-order valence-corrected chi connectivity index (χ2v) is 15.5. The van der Waals surface area contributed by atoms with Crippen LogP contribution in [0.2, 0.25) is 0 Å². The summed E-state index contributed by atoms with van der Waals surface area (Å²) in [6.45, 7) is 13.3. The monoisotopic (exact) mass is 855 g/mol. The fourth-order valence-electron chi connectivity index (χ4n) is 8.01. The molecule has 310 valence electrons. The molecule has 5 rings (SSSR count). The third kappa shape index (κ3) is 12.2. The predicted octanol–water partition coefficient (Wildman–Crippen LogP) is 4.86. The van der Waals surface area contributed by atoms with Crippen molar-refractivity contribution in [3.63, 3.8) is 0 Å². The van der Waals surface area contributed by atoms with Gasteiger partial charge in [-0.1, -0.05) is 6.07 Å². The summed E-state index contributed by atoms with van der Waals surface area (Å²) in [6.07, 6.45) is 4.41. The first kappa shape index (κ1) is 47.2. The molecule has 13 nitrogen and oxygen atoms in total. The molecule has 4 atom stereocenters. The van der Waals surface area contributed by atoms with Crippen molar-refractivity contribution < 1.29 is 58.7 Å². The van der Waals surface area contributed by atoms with E-state index in [-0.39, 0.29) is 76.8 Å². The number of carbonyl (C=O) groups is 4. The van der Waals surface area contributed by atoms with E-state index < -0.39 is 23.7 Å². The molecule has 4 fully saturated rings. The van der Waals surface area contributed by atoms with Crippen LogP contribution in [-0.2, 0) is 41.0 Å². The number of thiocarbonyl (C=S) groups is 1. The van der Waals surface area contributed by atoms with Crippen LogP contribution < -0.4 is 21.7 Å². The number of piperidine rings is 2. The van der Waals surface area contributed by atoms with Crippen LogP contribution in [0.3, 0.4) is 0 Å². The zero-order valence-electron chi connectivity index (χ0n) is 32.4. The maximum absolute atomic E-state index is 13.3. The maximum atomic E-state index is 13.3. The van der Waals surface area contributed by atoms with E-state index in [1.165, 1.54) is 6.08 Å². The Kier molecular flexibility index (Phi) is 17.0. The number of nitrogens with zero attached hydrogens (tertiary/aromatic N) is 4. The van der Waals surface area contributed by atoms with E-state index in [1.807, 2.05) is 6.07 Å². The number of hydrogen-bond acceptors (Lipinski definition) is 10. The third-order valence-corrected chi connectivity index (χ3v) is 11.1. The Balaban J connectivity index is 0.00000285. The van der Waals surface area contributed by atoms with Gasteiger partial charge in [-0.25, -0.2) is 14.3 Å². The smallest absolute Gasteiger partial charge is 0.512 e. The van der Waals surface area contributed by atoms with Crippen molar-refractivity contribution >= 4 is 58.0 Å². The molecule has 1 aromatic rings. The number of nitrogens with one attached hydrogen (secondary N) is 3. The van der Waals surface area contributed by atoms with Gasteiger partial charge in [-0.15, -0.1) is 0 Å². The van der Waals surface area contributed by atoms with Crippen molar-refractivity contribution in [2.45, 2.75) is 121 Å².